The molecule has 0 bridgehead atoms. The van der Waals surface area contributed by atoms with Crippen LogP contribution in [0.4, 0.5) is 5.82 Å². The number of nitrogens with zero attached hydrogens (tertiary/aromatic N) is 3. The third kappa shape index (κ3) is 3.89. The number of hydrogen-bond donors (Lipinski definition) is 1. The zero-order valence-electron chi connectivity index (χ0n) is 16.3. The van der Waals surface area contributed by atoms with E-state index in [2.05, 4.69) is 16.9 Å². The van der Waals surface area contributed by atoms with E-state index in [1.807, 2.05) is 19.1 Å². The molecular weight excluding hydrogens is 392 g/mol. The van der Waals surface area contributed by atoms with E-state index >= 15 is 0 Å². The van der Waals surface area contributed by atoms with Crippen LogP contribution < -0.4 is 5.73 Å². The van der Waals surface area contributed by atoms with Gasteiger partial charge in [-0.15, -0.1) is 11.3 Å². The largest absolute Gasteiger partial charge is 0.464 e. The van der Waals surface area contributed by atoms with E-state index in [0.29, 0.717) is 23.4 Å². The highest BCUT2D eigenvalue weighted by molar-refractivity contribution is 7.99. The Hall–Kier alpha value is -2.06. The number of nitrogen functional groups attached to an aromatic ring is 1. The fourth-order valence-electron chi connectivity index (χ4n) is 3.54. The predicted molar refractivity (Wildman–Crippen MR) is 114 cm³/mol. The topological polar surface area (TPSA) is 85.2 Å². The first-order chi connectivity index (χ1) is 13.4. The lowest BCUT2D eigenvalue weighted by atomic mass is 9.89. The molecule has 0 saturated heterocycles. The van der Waals surface area contributed by atoms with Crippen LogP contribution in [-0.4, -0.2) is 33.6 Å². The Morgan fingerprint density at radius 2 is 2.25 bits per heavy atom. The number of aryl methyl sites for hydroxylation is 2. The molecule has 1 amide bonds. The number of nitrogens with two attached hydrogens (primary N) is 1. The molecule has 0 spiro atoms. The molecule has 0 aliphatic heterocycles. The number of amides is 1. The quantitative estimate of drug-likeness (QED) is 0.499. The Labute approximate surface area is 172 Å². The summed E-state index contributed by atoms with van der Waals surface area (Å²) in [4.78, 5) is 25.6. The van der Waals surface area contributed by atoms with Crippen molar-refractivity contribution in [2.24, 2.45) is 5.92 Å². The van der Waals surface area contributed by atoms with Crippen molar-refractivity contribution < 1.29 is 9.21 Å². The highest BCUT2D eigenvalue weighted by Crippen LogP contribution is 2.39. The number of hydrogen-bond acceptors (Lipinski definition) is 7. The summed E-state index contributed by atoms with van der Waals surface area (Å²) in [5.41, 5.74) is 7.60. The van der Waals surface area contributed by atoms with Crippen molar-refractivity contribution in [1.82, 2.24) is 14.9 Å². The Bertz CT molecular complexity index is 1030. The molecule has 2 N–H and O–H groups in total. The van der Waals surface area contributed by atoms with Crippen LogP contribution >= 0.6 is 23.1 Å². The number of thioether (sulfide) groups is 1. The molecule has 1 aliphatic rings. The van der Waals surface area contributed by atoms with E-state index in [1.54, 1.807) is 23.3 Å². The first-order valence-corrected chi connectivity index (χ1v) is 11.2. The summed E-state index contributed by atoms with van der Waals surface area (Å²) in [6.45, 7) is 4.63. The number of thiophene rings is 1. The molecular formula is C20H24N4O2S2. The van der Waals surface area contributed by atoms with Crippen molar-refractivity contribution in [3.8, 4) is 0 Å². The van der Waals surface area contributed by atoms with Crippen molar-refractivity contribution in [3.05, 3.63) is 34.1 Å². The van der Waals surface area contributed by atoms with Crippen LogP contribution in [0.1, 0.15) is 35.3 Å². The normalized spacial score (nSPS) is 16.3. The molecule has 6 nitrogen and oxygen atoms in total. The highest BCUT2D eigenvalue weighted by atomic mass is 32.2. The van der Waals surface area contributed by atoms with Gasteiger partial charge in [-0.2, -0.15) is 0 Å². The van der Waals surface area contributed by atoms with Crippen molar-refractivity contribution >= 4 is 45.0 Å². The van der Waals surface area contributed by atoms with Gasteiger partial charge in [0, 0.05) is 11.9 Å². The molecule has 3 aromatic heterocycles. The number of rotatable bonds is 5. The maximum Gasteiger partial charge on any atom is 0.233 e. The van der Waals surface area contributed by atoms with Gasteiger partial charge in [-0.05, 0) is 49.8 Å². The van der Waals surface area contributed by atoms with E-state index in [-0.39, 0.29) is 11.7 Å². The first kappa shape index (κ1) is 19.3. The van der Waals surface area contributed by atoms with Crippen LogP contribution in [0, 0.1) is 12.8 Å². The average molecular weight is 417 g/mol. The molecule has 0 saturated carbocycles. The predicted octanol–water partition coefficient (Wildman–Crippen LogP) is 4.05. The van der Waals surface area contributed by atoms with E-state index in [1.165, 1.54) is 28.6 Å². The minimum Gasteiger partial charge on any atom is -0.464 e. The summed E-state index contributed by atoms with van der Waals surface area (Å²) in [5, 5.41) is 1.58. The first-order valence-electron chi connectivity index (χ1n) is 9.40. The third-order valence-corrected chi connectivity index (χ3v) is 7.08. The molecule has 148 valence electrons. The standard InChI is InChI=1S/C20H24N4O2S2/c1-11-4-7-14-15(8-11)28-19-17(14)18(21)22-20(23-19)27-10-16(25)24(3)9-13-6-5-12(2)26-13/h5-6,11H,4,7-10H2,1-3H3,(H2,21,22,23). The Kier molecular flexibility index (Phi) is 5.33. The van der Waals surface area contributed by atoms with Crippen LogP contribution in [0.5, 0.6) is 0 Å². The Morgan fingerprint density at radius 1 is 1.43 bits per heavy atom. The van der Waals surface area contributed by atoms with Crippen LogP contribution in [0.2, 0.25) is 0 Å². The van der Waals surface area contributed by atoms with Gasteiger partial charge in [0.2, 0.25) is 5.91 Å². The summed E-state index contributed by atoms with van der Waals surface area (Å²) in [7, 11) is 1.77. The fourth-order valence-corrected chi connectivity index (χ4v) is 5.78. The van der Waals surface area contributed by atoms with Crippen molar-refractivity contribution in [2.45, 2.75) is 44.8 Å². The van der Waals surface area contributed by atoms with Crippen molar-refractivity contribution in [1.29, 1.82) is 0 Å². The minimum atomic E-state index is 0.000574. The molecule has 0 aromatic carbocycles. The highest BCUT2D eigenvalue weighted by Gasteiger charge is 2.23. The molecule has 3 heterocycles. The van der Waals surface area contributed by atoms with Gasteiger partial charge in [0.05, 0.1) is 17.7 Å². The minimum absolute atomic E-state index is 0.000574. The summed E-state index contributed by atoms with van der Waals surface area (Å²) in [6.07, 6.45) is 3.32. The van der Waals surface area contributed by atoms with E-state index in [9.17, 15) is 4.79 Å². The molecule has 1 aliphatic carbocycles. The van der Waals surface area contributed by atoms with Gasteiger partial charge in [0.1, 0.15) is 22.2 Å². The van der Waals surface area contributed by atoms with Gasteiger partial charge in [-0.3, -0.25) is 4.79 Å². The number of anilines is 1. The molecule has 8 heteroatoms. The van der Waals surface area contributed by atoms with Gasteiger partial charge in [-0.25, -0.2) is 9.97 Å². The van der Waals surface area contributed by atoms with Gasteiger partial charge >= 0.3 is 0 Å². The maximum absolute atomic E-state index is 12.5. The molecule has 28 heavy (non-hydrogen) atoms. The lowest BCUT2D eigenvalue weighted by Gasteiger charge is -2.17. The SMILES string of the molecule is Cc1ccc(CN(C)C(=O)CSc2nc(N)c3c4c(sc3n2)CC(C)CC4)o1. The van der Waals surface area contributed by atoms with Crippen molar-refractivity contribution in [3.63, 3.8) is 0 Å². The maximum atomic E-state index is 12.5. The Morgan fingerprint density at radius 3 is 3.00 bits per heavy atom. The lowest BCUT2D eigenvalue weighted by molar-refractivity contribution is -0.127. The lowest BCUT2D eigenvalue weighted by Crippen LogP contribution is -2.27. The molecule has 0 fully saturated rings. The summed E-state index contributed by atoms with van der Waals surface area (Å²) >= 11 is 3.06. The Balaban J connectivity index is 1.45. The van der Waals surface area contributed by atoms with Gasteiger partial charge in [0.25, 0.3) is 0 Å². The van der Waals surface area contributed by atoms with E-state index in [4.69, 9.17) is 10.2 Å². The number of furan rings is 1. The van der Waals surface area contributed by atoms with Crippen LogP contribution in [0.15, 0.2) is 21.7 Å². The molecule has 3 aromatic rings. The van der Waals surface area contributed by atoms with Crippen LogP contribution in [0.3, 0.4) is 0 Å². The summed E-state index contributed by atoms with van der Waals surface area (Å²) in [5.74, 6) is 3.12. The zero-order valence-corrected chi connectivity index (χ0v) is 18.0. The number of fused-ring (bicyclic) bond motifs is 3. The molecule has 1 unspecified atom stereocenters. The zero-order chi connectivity index (χ0) is 19.8. The van der Waals surface area contributed by atoms with Crippen LogP contribution in [0.25, 0.3) is 10.2 Å². The van der Waals surface area contributed by atoms with Gasteiger partial charge in [0.15, 0.2) is 5.16 Å². The summed E-state index contributed by atoms with van der Waals surface area (Å²) < 4.78 is 5.54. The number of carbonyl (C=O) groups excluding carboxylic acids is 1. The van der Waals surface area contributed by atoms with Gasteiger partial charge in [-0.1, -0.05) is 18.7 Å². The van der Waals surface area contributed by atoms with E-state index < -0.39 is 0 Å². The second-order valence-corrected chi connectivity index (χ2v) is 9.50. The fraction of sp³-hybridized carbons (Fsp3) is 0.450. The molecule has 0 radical (unpaired) electrons. The third-order valence-electron chi connectivity index (χ3n) is 5.10. The van der Waals surface area contributed by atoms with Crippen molar-refractivity contribution in [2.75, 3.05) is 18.5 Å². The average Bonchev–Trinajstić information content (AvgIpc) is 3.21. The van der Waals surface area contributed by atoms with E-state index in [0.717, 1.165) is 34.6 Å². The smallest absolute Gasteiger partial charge is 0.233 e. The number of carbonyl (C=O) groups is 1. The number of aromatic nitrogens is 2. The van der Waals surface area contributed by atoms with Gasteiger partial charge < -0.3 is 15.1 Å². The summed E-state index contributed by atoms with van der Waals surface area (Å²) in [6, 6.07) is 3.79. The molecule has 1 atom stereocenters. The van der Waals surface area contributed by atoms with Crippen LogP contribution in [-0.2, 0) is 24.2 Å². The molecule has 4 rings (SSSR count). The monoisotopic (exact) mass is 416 g/mol. The second kappa shape index (κ2) is 7.75. The second-order valence-electron chi connectivity index (χ2n) is 7.47.